The van der Waals surface area contributed by atoms with Gasteiger partial charge in [-0.05, 0) is 11.6 Å². The lowest BCUT2D eigenvalue weighted by Crippen LogP contribution is -2.50. The first-order valence-electron chi connectivity index (χ1n) is 3.24. The third-order valence-corrected chi connectivity index (χ3v) is 1.75. The summed E-state index contributed by atoms with van der Waals surface area (Å²) in [6.07, 6.45) is 0.515. The zero-order valence-electron chi connectivity index (χ0n) is 7.02. The number of nitrogens with zero attached hydrogens (tertiary/aromatic N) is 3. The molecular weight excluding hydrogens is 215 g/mol. The third kappa shape index (κ3) is 2.07. The molecule has 0 aromatic heterocycles. The predicted octanol–water partition coefficient (Wildman–Crippen LogP) is 0.653. The minimum atomic E-state index is -0.958. The van der Waals surface area contributed by atoms with Crippen molar-refractivity contribution < 1.29 is 0 Å². The molecule has 1 aliphatic heterocycles. The maximum atomic E-state index is 7.23. The van der Waals surface area contributed by atoms with Gasteiger partial charge in [0.05, 0.1) is 0 Å². The summed E-state index contributed by atoms with van der Waals surface area (Å²) in [5.74, 6) is 0.0926. The number of hydrogen-bond donors (Lipinski definition) is 3. The minimum absolute atomic E-state index is 0. The SMILES string of the molecule is CCC1(C(=N)N)N=NN=C1N.Cl.Cl. The van der Waals surface area contributed by atoms with Crippen LogP contribution in [0.15, 0.2) is 15.4 Å². The third-order valence-electron chi connectivity index (χ3n) is 1.75. The molecule has 1 atom stereocenters. The van der Waals surface area contributed by atoms with E-state index in [9.17, 15) is 0 Å². The van der Waals surface area contributed by atoms with E-state index in [4.69, 9.17) is 16.9 Å². The quantitative estimate of drug-likeness (QED) is 0.475. The Morgan fingerprint density at radius 2 is 2.08 bits per heavy atom. The van der Waals surface area contributed by atoms with Crippen molar-refractivity contribution in [3.8, 4) is 0 Å². The van der Waals surface area contributed by atoms with E-state index in [1.807, 2.05) is 6.92 Å². The van der Waals surface area contributed by atoms with Gasteiger partial charge in [-0.1, -0.05) is 6.92 Å². The zero-order valence-corrected chi connectivity index (χ0v) is 8.65. The van der Waals surface area contributed by atoms with Gasteiger partial charge in [-0.15, -0.1) is 35.0 Å². The molecule has 0 bridgehead atoms. The molecule has 1 aliphatic rings. The molecule has 5 N–H and O–H groups in total. The number of rotatable bonds is 2. The molecule has 0 aliphatic carbocycles. The second-order valence-corrected chi connectivity index (χ2v) is 2.30. The fourth-order valence-electron chi connectivity index (χ4n) is 0.915. The summed E-state index contributed by atoms with van der Waals surface area (Å²) < 4.78 is 0. The van der Waals surface area contributed by atoms with E-state index in [0.29, 0.717) is 6.42 Å². The van der Waals surface area contributed by atoms with Gasteiger partial charge in [0.15, 0.2) is 11.4 Å². The molecule has 8 heteroatoms. The summed E-state index contributed by atoms with van der Waals surface area (Å²) >= 11 is 0. The van der Waals surface area contributed by atoms with Crippen molar-refractivity contribution in [2.24, 2.45) is 26.9 Å². The number of nitrogens with one attached hydrogen (secondary N) is 1. The highest BCUT2D eigenvalue weighted by atomic mass is 35.5. The first-order chi connectivity index (χ1) is 5.13. The van der Waals surface area contributed by atoms with Crippen LogP contribution in [0.25, 0.3) is 0 Å². The summed E-state index contributed by atoms with van der Waals surface area (Å²) in [5, 5.41) is 17.8. The van der Waals surface area contributed by atoms with Crippen molar-refractivity contribution in [3.63, 3.8) is 0 Å². The molecule has 0 saturated heterocycles. The van der Waals surface area contributed by atoms with E-state index < -0.39 is 5.54 Å². The Balaban J connectivity index is 0. The van der Waals surface area contributed by atoms with Crippen molar-refractivity contribution in [2.75, 3.05) is 0 Å². The standard InChI is InChI=1S/C5H10N6.2ClH/c1-2-5(3(6)7)4(8)9-11-10-5;;/h2H2,1H3,(H3,6,7)(H2,8,9,10);2*1H. The maximum Gasteiger partial charge on any atom is 0.198 e. The average molecular weight is 227 g/mol. The Bertz CT molecular complexity index is 249. The van der Waals surface area contributed by atoms with Crippen LogP contribution < -0.4 is 11.5 Å². The van der Waals surface area contributed by atoms with Gasteiger partial charge in [-0.2, -0.15) is 0 Å². The van der Waals surface area contributed by atoms with Gasteiger partial charge in [0.1, 0.15) is 5.84 Å². The lowest BCUT2D eigenvalue weighted by atomic mass is 9.95. The molecule has 0 spiro atoms. The van der Waals surface area contributed by atoms with Gasteiger partial charge in [0.25, 0.3) is 0 Å². The fourth-order valence-corrected chi connectivity index (χ4v) is 0.915. The average Bonchev–Trinajstić information content (AvgIpc) is 2.32. The monoisotopic (exact) mass is 226 g/mol. The molecule has 6 nitrogen and oxygen atoms in total. The Morgan fingerprint density at radius 1 is 1.54 bits per heavy atom. The van der Waals surface area contributed by atoms with Gasteiger partial charge in [0.2, 0.25) is 0 Å². The number of amidine groups is 2. The van der Waals surface area contributed by atoms with E-state index in [-0.39, 0.29) is 36.5 Å². The van der Waals surface area contributed by atoms with Crippen LogP contribution in [0.2, 0.25) is 0 Å². The molecule has 0 radical (unpaired) electrons. The van der Waals surface area contributed by atoms with Gasteiger partial charge in [0, 0.05) is 0 Å². The van der Waals surface area contributed by atoms with Crippen LogP contribution in [-0.2, 0) is 0 Å². The Labute approximate surface area is 88.2 Å². The Hall–Kier alpha value is -0.880. The molecule has 0 fully saturated rings. The number of halogens is 2. The van der Waals surface area contributed by atoms with Crippen LogP contribution in [0.5, 0.6) is 0 Å². The van der Waals surface area contributed by atoms with Crippen molar-refractivity contribution in [1.29, 1.82) is 5.41 Å². The number of nitrogens with two attached hydrogens (primary N) is 2. The smallest absolute Gasteiger partial charge is 0.198 e. The topological polar surface area (TPSA) is 113 Å². The second-order valence-electron chi connectivity index (χ2n) is 2.30. The summed E-state index contributed by atoms with van der Waals surface area (Å²) in [7, 11) is 0. The molecule has 76 valence electrons. The summed E-state index contributed by atoms with van der Waals surface area (Å²) in [4.78, 5) is 0. The normalized spacial score (nSPS) is 24.2. The van der Waals surface area contributed by atoms with Gasteiger partial charge < -0.3 is 11.5 Å². The molecule has 0 amide bonds. The van der Waals surface area contributed by atoms with Crippen LogP contribution in [0, 0.1) is 5.41 Å². The second kappa shape index (κ2) is 4.98. The molecule has 0 aromatic rings. The highest BCUT2D eigenvalue weighted by molar-refractivity contribution is 6.12. The van der Waals surface area contributed by atoms with Crippen LogP contribution in [0.4, 0.5) is 0 Å². The molecule has 1 heterocycles. The van der Waals surface area contributed by atoms with Gasteiger partial charge >= 0.3 is 0 Å². The minimum Gasteiger partial charge on any atom is -0.385 e. The number of hydrogen-bond acceptors (Lipinski definition) is 5. The first kappa shape index (κ1) is 14.6. The van der Waals surface area contributed by atoms with Crippen LogP contribution in [-0.4, -0.2) is 17.2 Å². The van der Waals surface area contributed by atoms with Crippen molar-refractivity contribution in [2.45, 2.75) is 18.9 Å². The van der Waals surface area contributed by atoms with Gasteiger partial charge in [-0.25, -0.2) is 0 Å². The first-order valence-corrected chi connectivity index (χ1v) is 3.24. The van der Waals surface area contributed by atoms with E-state index in [0.717, 1.165) is 0 Å². The van der Waals surface area contributed by atoms with Crippen molar-refractivity contribution >= 4 is 36.5 Å². The maximum absolute atomic E-state index is 7.23. The van der Waals surface area contributed by atoms with Gasteiger partial charge in [-0.3, -0.25) is 5.41 Å². The van der Waals surface area contributed by atoms with E-state index >= 15 is 0 Å². The molecule has 1 rings (SSSR count). The van der Waals surface area contributed by atoms with Crippen LogP contribution in [0.3, 0.4) is 0 Å². The lowest BCUT2D eigenvalue weighted by Gasteiger charge is -2.19. The molecule has 1 unspecified atom stereocenters. The van der Waals surface area contributed by atoms with Crippen LogP contribution >= 0.6 is 24.8 Å². The van der Waals surface area contributed by atoms with Crippen molar-refractivity contribution in [1.82, 2.24) is 0 Å². The fraction of sp³-hybridized carbons (Fsp3) is 0.600. The highest BCUT2D eigenvalue weighted by Gasteiger charge is 2.39. The Kier molecular flexibility index (Phi) is 5.61. The largest absolute Gasteiger partial charge is 0.385 e. The summed E-state index contributed by atoms with van der Waals surface area (Å²) in [6.45, 7) is 1.83. The molecule has 13 heavy (non-hydrogen) atoms. The summed E-state index contributed by atoms with van der Waals surface area (Å²) in [5.41, 5.74) is 9.81. The van der Waals surface area contributed by atoms with Crippen LogP contribution in [0.1, 0.15) is 13.3 Å². The van der Waals surface area contributed by atoms with E-state index in [1.54, 1.807) is 0 Å². The van der Waals surface area contributed by atoms with E-state index in [1.165, 1.54) is 0 Å². The summed E-state index contributed by atoms with van der Waals surface area (Å²) in [6, 6.07) is 0. The van der Waals surface area contributed by atoms with Crippen molar-refractivity contribution in [3.05, 3.63) is 0 Å². The van der Waals surface area contributed by atoms with E-state index in [2.05, 4.69) is 15.4 Å². The lowest BCUT2D eigenvalue weighted by molar-refractivity contribution is 0.679. The molecule has 0 saturated carbocycles. The highest BCUT2D eigenvalue weighted by Crippen LogP contribution is 2.21. The molecular formula is C5H12Cl2N6. The zero-order chi connectivity index (χ0) is 8.48. The Morgan fingerprint density at radius 3 is 2.23 bits per heavy atom. The predicted molar refractivity (Wildman–Crippen MR) is 55.9 cm³/mol. The molecule has 0 aromatic carbocycles.